The molecule has 4 nitrogen and oxygen atoms in total. The highest BCUT2D eigenvalue weighted by molar-refractivity contribution is 7.46. The molecule has 0 amide bonds. The number of phosphoric acid groups is 1. The van der Waals surface area contributed by atoms with Crippen molar-refractivity contribution in [3.05, 3.63) is 0 Å². The summed E-state index contributed by atoms with van der Waals surface area (Å²) in [7, 11) is -4.59. The van der Waals surface area contributed by atoms with Crippen LogP contribution < -0.4 is 0 Å². The van der Waals surface area contributed by atoms with E-state index in [0.29, 0.717) is 19.3 Å². The van der Waals surface area contributed by atoms with Crippen molar-refractivity contribution in [1.29, 1.82) is 0 Å². The quantitative estimate of drug-likeness (QED) is 0.400. The van der Waals surface area contributed by atoms with Gasteiger partial charge in [-0.25, -0.2) is 8.96 Å². The maximum absolute atomic E-state index is 12.4. The van der Waals surface area contributed by atoms with Gasteiger partial charge in [-0.15, -0.1) is 0 Å². The Labute approximate surface area is 113 Å². The van der Waals surface area contributed by atoms with E-state index in [0.717, 1.165) is 38.5 Å². The molecule has 0 heterocycles. The number of alkyl halides is 2. The summed E-state index contributed by atoms with van der Waals surface area (Å²) in [5.74, 6) is 0. The molecule has 2 N–H and O–H groups in total. The minimum atomic E-state index is -4.59. The smallest absolute Gasteiger partial charge is 0.303 e. The van der Waals surface area contributed by atoms with E-state index in [2.05, 4.69) is 4.52 Å². The van der Waals surface area contributed by atoms with Crippen molar-refractivity contribution >= 4 is 7.82 Å². The molecule has 1 unspecified atom stereocenters. The number of unbranched alkanes of at least 4 members (excludes halogenated alkanes) is 7. The Morgan fingerprint density at radius 3 is 1.79 bits per heavy atom. The number of hydrogen-bond acceptors (Lipinski definition) is 2. The summed E-state index contributed by atoms with van der Waals surface area (Å²) < 4.78 is 39.1. The molecule has 0 saturated heterocycles. The van der Waals surface area contributed by atoms with Gasteiger partial charge in [0.05, 0.1) is 12.8 Å². The summed E-state index contributed by atoms with van der Waals surface area (Å²) in [6, 6.07) is 0. The summed E-state index contributed by atoms with van der Waals surface area (Å²) in [5.41, 5.74) is 0. The average molecular weight is 302 g/mol. The largest absolute Gasteiger partial charge is 0.469 e. The van der Waals surface area contributed by atoms with Gasteiger partial charge in [-0.3, -0.25) is 8.91 Å². The summed E-state index contributed by atoms with van der Waals surface area (Å²) in [6.45, 7) is -1.13. The Kier molecular flexibility index (Phi) is 11.7. The second kappa shape index (κ2) is 11.8. The van der Waals surface area contributed by atoms with Crippen molar-refractivity contribution < 1.29 is 27.7 Å². The second-order valence-electron chi connectivity index (χ2n) is 4.68. The van der Waals surface area contributed by atoms with E-state index in [1.807, 2.05) is 0 Å². The molecule has 0 aliphatic rings. The van der Waals surface area contributed by atoms with Crippen LogP contribution in [0.15, 0.2) is 0 Å². The molecule has 0 fully saturated rings. The molecule has 0 bridgehead atoms. The van der Waals surface area contributed by atoms with Crippen molar-refractivity contribution in [3.8, 4) is 0 Å². The number of phosphoric ester groups is 1. The first-order chi connectivity index (χ1) is 8.99. The van der Waals surface area contributed by atoms with Gasteiger partial charge in [-0.2, -0.15) is 0 Å². The molecule has 0 aromatic carbocycles. The molecule has 0 spiro atoms. The van der Waals surface area contributed by atoms with Crippen molar-refractivity contribution in [2.75, 3.05) is 13.3 Å². The van der Waals surface area contributed by atoms with Crippen LogP contribution in [0, 0.1) is 0 Å². The van der Waals surface area contributed by atoms with Crippen molar-refractivity contribution in [3.63, 3.8) is 0 Å². The second-order valence-corrected chi connectivity index (χ2v) is 5.87. The average Bonchev–Trinajstić information content (AvgIpc) is 2.34. The number of halogens is 2. The van der Waals surface area contributed by atoms with Gasteiger partial charge in [0.25, 0.3) is 0 Å². The first-order valence-electron chi connectivity index (χ1n) is 6.85. The van der Waals surface area contributed by atoms with Crippen LogP contribution in [0.1, 0.15) is 57.8 Å². The van der Waals surface area contributed by atoms with Gasteiger partial charge < -0.3 is 9.79 Å². The zero-order chi connectivity index (χ0) is 14.6. The third-order valence-corrected chi connectivity index (χ3v) is 3.44. The fourth-order valence-electron chi connectivity index (χ4n) is 1.88. The van der Waals surface area contributed by atoms with Crippen LogP contribution >= 0.6 is 7.82 Å². The molecule has 0 radical (unpaired) electrons. The van der Waals surface area contributed by atoms with Gasteiger partial charge in [0.1, 0.15) is 6.67 Å². The third kappa shape index (κ3) is 14.2. The number of hydrogen-bond donors (Lipinski definition) is 2. The van der Waals surface area contributed by atoms with Gasteiger partial charge in [0, 0.05) is 0 Å². The third-order valence-electron chi connectivity index (χ3n) is 2.87. The summed E-state index contributed by atoms with van der Waals surface area (Å²) >= 11 is 0. The number of rotatable bonds is 13. The van der Waals surface area contributed by atoms with Gasteiger partial charge in [0.2, 0.25) is 0 Å². The molecule has 0 aliphatic carbocycles. The summed E-state index contributed by atoms with van der Waals surface area (Å²) in [5, 5.41) is 0. The van der Waals surface area contributed by atoms with Crippen LogP contribution in [0.3, 0.4) is 0 Å². The van der Waals surface area contributed by atoms with Crippen molar-refractivity contribution in [1.82, 2.24) is 0 Å². The van der Waals surface area contributed by atoms with Crippen molar-refractivity contribution in [2.24, 2.45) is 0 Å². The Hall–Kier alpha value is -0.0300. The minimum Gasteiger partial charge on any atom is -0.303 e. The molecule has 1 atom stereocenters. The zero-order valence-electron chi connectivity index (χ0n) is 11.3. The SMILES string of the molecule is O=P(O)(O)OC(CF)CCCCCCCCCCF. The van der Waals surface area contributed by atoms with E-state index in [-0.39, 0.29) is 6.67 Å². The standard InChI is InChI=1S/C12H25F2O4P/c13-10-8-6-4-2-1-3-5-7-9-12(11-14)18-19(15,16)17/h12H,1-11H2,(H2,15,16,17). The van der Waals surface area contributed by atoms with Crippen LogP contribution in [-0.4, -0.2) is 29.2 Å². The highest BCUT2D eigenvalue weighted by Gasteiger charge is 2.21. The lowest BCUT2D eigenvalue weighted by molar-refractivity contribution is 0.103. The highest BCUT2D eigenvalue weighted by Crippen LogP contribution is 2.38. The Morgan fingerprint density at radius 1 is 0.895 bits per heavy atom. The zero-order valence-corrected chi connectivity index (χ0v) is 12.2. The van der Waals surface area contributed by atoms with Gasteiger partial charge >= 0.3 is 7.82 Å². The van der Waals surface area contributed by atoms with Crippen molar-refractivity contribution in [2.45, 2.75) is 63.9 Å². The normalized spacial score (nSPS) is 13.7. The minimum absolute atomic E-state index is 0.246. The van der Waals surface area contributed by atoms with Crippen LogP contribution in [-0.2, 0) is 9.09 Å². The fourth-order valence-corrected chi connectivity index (χ4v) is 2.43. The Bertz CT molecular complexity index is 248. The molecule has 0 aromatic heterocycles. The van der Waals surface area contributed by atoms with E-state index < -0.39 is 20.6 Å². The lowest BCUT2D eigenvalue weighted by Gasteiger charge is -2.14. The van der Waals surface area contributed by atoms with E-state index in [4.69, 9.17) is 9.79 Å². The molecule has 0 aliphatic heterocycles. The van der Waals surface area contributed by atoms with Crippen LogP contribution in [0.25, 0.3) is 0 Å². The predicted octanol–water partition coefficient (Wildman–Crippen LogP) is 3.91. The topological polar surface area (TPSA) is 66.8 Å². The Morgan fingerprint density at radius 2 is 1.37 bits per heavy atom. The van der Waals surface area contributed by atoms with E-state index in [1.54, 1.807) is 0 Å². The fraction of sp³-hybridized carbons (Fsp3) is 1.00. The monoisotopic (exact) mass is 302 g/mol. The van der Waals surface area contributed by atoms with E-state index >= 15 is 0 Å². The molecule has 0 saturated carbocycles. The molecular formula is C12H25F2O4P. The van der Waals surface area contributed by atoms with Crippen LogP contribution in [0.2, 0.25) is 0 Å². The van der Waals surface area contributed by atoms with Crippen LogP contribution in [0.5, 0.6) is 0 Å². The van der Waals surface area contributed by atoms with Crippen LogP contribution in [0.4, 0.5) is 8.78 Å². The van der Waals surface area contributed by atoms with E-state index in [1.165, 1.54) is 0 Å². The molecule has 0 aromatic rings. The van der Waals surface area contributed by atoms with E-state index in [9.17, 15) is 13.3 Å². The molecular weight excluding hydrogens is 277 g/mol. The van der Waals surface area contributed by atoms with Gasteiger partial charge in [-0.05, 0) is 12.8 Å². The molecule has 19 heavy (non-hydrogen) atoms. The predicted molar refractivity (Wildman–Crippen MR) is 70.4 cm³/mol. The Balaban J connectivity index is 3.39. The lowest BCUT2D eigenvalue weighted by atomic mass is 10.1. The first kappa shape index (κ1) is 19.0. The molecule has 7 heteroatoms. The highest BCUT2D eigenvalue weighted by atomic mass is 31.2. The van der Waals surface area contributed by atoms with Gasteiger partial charge in [-0.1, -0.05) is 44.9 Å². The summed E-state index contributed by atoms with van der Waals surface area (Å²) in [6.07, 6.45) is 6.65. The molecule has 0 rings (SSSR count). The summed E-state index contributed by atoms with van der Waals surface area (Å²) in [4.78, 5) is 17.1. The lowest BCUT2D eigenvalue weighted by Crippen LogP contribution is -2.13. The maximum Gasteiger partial charge on any atom is 0.469 e. The molecule has 116 valence electrons. The maximum atomic E-state index is 12.4. The van der Waals surface area contributed by atoms with Gasteiger partial charge in [0.15, 0.2) is 0 Å². The first-order valence-corrected chi connectivity index (χ1v) is 8.38.